The van der Waals surface area contributed by atoms with Gasteiger partial charge in [-0.1, -0.05) is 26.2 Å². The number of nitrogens with one attached hydrogen (secondary N) is 1. The maximum Gasteiger partial charge on any atom is 0.237 e. The van der Waals surface area contributed by atoms with Crippen LogP contribution in [-0.4, -0.2) is 31.7 Å². The van der Waals surface area contributed by atoms with Gasteiger partial charge in [0, 0.05) is 19.8 Å². The van der Waals surface area contributed by atoms with E-state index in [9.17, 15) is 4.79 Å². The van der Waals surface area contributed by atoms with Crippen LogP contribution in [0.3, 0.4) is 0 Å². The van der Waals surface area contributed by atoms with Crippen LogP contribution in [0, 0.1) is 5.92 Å². The van der Waals surface area contributed by atoms with Gasteiger partial charge in [0.1, 0.15) is 0 Å². The Morgan fingerprint density at radius 1 is 1.50 bits per heavy atom. The van der Waals surface area contributed by atoms with Crippen LogP contribution in [0.25, 0.3) is 0 Å². The number of carbonyl (C=O) groups excluding carboxylic acids is 1. The Kier molecular flexibility index (Phi) is 7.28. The third kappa shape index (κ3) is 5.36. The predicted octanol–water partition coefficient (Wildman–Crippen LogP) is 1.83. The van der Waals surface area contributed by atoms with E-state index in [1.807, 2.05) is 0 Å². The standard InChI is InChI=1S/C14H28N2O2/c1-3-11-6-4-7-12(10-11)16-14(17)13(15)8-5-9-18-2/h11-13H,3-10,15H2,1-2H3,(H,16,17). The average Bonchev–Trinajstić information content (AvgIpc) is 2.39. The summed E-state index contributed by atoms with van der Waals surface area (Å²) in [6.45, 7) is 2.90. The van der Waals surface area contributed by atoms with E-state index in [-0.39, 0.29) is 11.9 Å². The minimum absolute atomic E-state index is 0.00727. The van der Waals surface area contributed by atoms with Gasteiger partial charge in [0.15, 0.2) is 0 Å². The molecule has 1 rings (SSSR count). The topological polar surface area (TPSA) is 64.4 Å². The van der Waals surface area contributed by atoms with E-state index in [0.717, 1.165) is 25.2 Å². The first-order valence-electron chi connectivity index (χ1n) is 7.22. The quantitative estimate of drug-likeness (QED) is 0.683. The Morgan fingerprint density at radius 3 is 2.94 bits per heavy atom. The molecule has 106 valence electrons. The van der Waals surface area contributed by atoms with Crippen LogP contribution >= 0.6 is 0 Å². The Bertz CT molecular complexity index is 246. The Labute approximate surface area is 111 Å². The molecular weight excluding hydrogens is 228 g/mol. The van der Waals surface area contributed by atoms with Crippen LogP contribution in [0.1, 0.15) is 51.9 Å². The summed E-state index contributed by atoms with van der Waals surface area (Å²) in [6.07, 6.45) is 7.51. The van der Waals surface area contributed by atoms with Crippen molar-refractivity contribution in [3.8, 4) is 0 Å². The highest BCUT2D eigenvalue weighted by Gasteiger charge is 2.23. The first-order valence-corrected chi connectivity index (χ1v) is 7.22. The number of methoxy groups -OCH3 is 1. The zero-order valence-electron chi connectivity index (χ0n) is 11.8. The first kappa shape index (κ1) is 15.4. The SMILES string of the molecule is CCC1CCCC(NC(=O)C(N)CCCOC)C1. The highest BCUT2D eigenvalue weighted by molar-refractivity contribution is 5.81. The summed E-state index contributed by atoms with van der Waals surface area (Å²) in [5.74, 6) is 0.779. The summed E-state index contributed by atoms with van der Waals surface area (Å²) in [5, 5.41) is 3.11. The number of ether oxygens (including phenoxy) is 1. The van der Waals surface area contributed by atoms with Crippen LogP contribution in [0.2, 0.25) is 0 Å². The Hall–Kier alpha value is -0.610. The third-order valence-electron chi connectivity index (χ3n) is 3.91. The summed E-state index contributed by atoms with van der Waals surface area (Å²) in [4.78, 5) is 11.9. The molecule has 0 aromatic rings. The van der Waals surface area contributed by atoms with Crippen molar-refractivity contribution in [3.05, 3.63) is 0 Å². The fourth-order valence-electron chi connectivity index (χ4n) is 2.68. The summed E-state index contributed by atoms with van der Waals surface area (Å²) < 4.78 is 4.96. The van der Waals surface area contributed by atoms with Crippen LogP contribution in [0.4, 0.5) is 0 Å². The van der Waals surface area contributed by atoms with Crippen molar-refractivity contribution in [2.75, 3.05) is 13.7 Å². The second-order valence-corrected chi connectivity index (χ2v) is 5.39. The molecule has 1 aliphatic rings. The molecule has 0 aromatic heterocycles. The van der Waals surface area contributed by atoms with Gasteiger partial charge in [-0.2, -0.15) is 0 Å². The maximum absolute atomic E-state index is 11.9. The number of carbonyl (C=O) groups is 1. The van der Waals surface area contributed by atoms with E-state index in [1.54, 1.807) is 7.11 Å². The van der Waals surface area contributed by atoms with E-state index in [1.165, 1.54) is 19.3 Å². The van der Waals surface area contributed by atoms with Crippen molar-refractivity contribution < 1.29 is 9.53 Å². The summed E-state index contributed by atoms with van der Waals surface area (Å²) in [7, 11) is 1.67. The van der Waals surface area contributed by atoms with Crippen molar-refractivity contribution >= 4 is 5.91 Å². The largest absolute Gasteiger partial charge is 0.385 e. The van der Waals surface area contributed by atoms with E-state index in [4.69, 9.17) is 10.5 Å². The summed E-state index contributed by atoms with van der Waals surface area (Å²) in [5.41, 5.74) is 5.87. The van der Waals surface area contributed by atoms with Gasteiger partial charge in [-0.05, 0) is 31.6 Å². The molecule has 0 bridgehead atoms. The van der Waals surface area contributed by atoms with Crippen molar-refractivity contribution in [2.45, 2.75) is 64.0 Å². The molecule has 4 nitrogen and oxygen atoms in total. The molecule has 4 heteroatoms. The summed E-state index contributed by atoms with van der Waals surface area (Å²) in [6, 6.07) is -0.0492. The second-order valence-electron chi connectivity index (χ2n) is 5.39. The smallest absolute Gasteiger partial charge is 0.237 e. The van der Waals surface area contributed by atoms with Crippen molar-refractivity contribution in [3.63, 3.8) is 0 Å². The fourth-order valence-corrected chi connectivity index (χ4v) is 2.68. The van der Waals surface area contributed by atoms with Gasteiger partial charge in [0.25, 0.3) is 0 Å². The van der Waals surface area contributed by atoms with Crippen LogP contribution < -0.4 is 11.1 Å². The molecular formula is C14H28N2O2. The zero-order chi connectivity index (χ0) is 13.4. The Morgan fingerprint density at radius 2 is 2.28 bits per heavy atom. The monoisotopic (exact) mass is 256 g/mol. The van der Waals surface area contributed by atoms with E-state index in [0.29, 0.717) is 19.1 Å². The number of nitrogens with two attached hydrogens (primary N) is 1. The minimum atomic E-state index is -0.387. The number of rotatable bonds is 7. The molecule has 0 saturated heterocycles. The molecule has 1 aliphatic carbocycles. The highest BCUT2D eigenvalue weighted by Crippen LogP contribution is 2.26. The maximum atomic E-state index is 11.9. The lowest BCUT2D eigenvalue weighted by molar-refractivity contribution is -0.123. The summed E-state index contributed by atoms with van der Waals surface area (Å²) >= 11 is 0. The molecule has 0 aromatic carbocycles. The van der Waals surface area contributed by atoms with Gasteiger partial charge in [-0.25, -0.2) is 0 Å². The van der Waals surface area contributed by atoms with E-state index < -0.39 is 0 Å². The van der Waals surface area contributed by atoms with Gasteiger partial charge in [-0.3, -0.25) is 4.79 Å². The molecule has 0 spiro atoms. The molecule has 3 unspecified atom stereocenters. The number of hydrogen-bond donors (Lipinski definition) is 2. The normalized spacial score (nSPS) is 25.7. The number of amides is 1. The molecule has 3 N–H and O–H groups in total. The molecule has 0 aliphatic heterocycles. The van der Waals surface area contributed by atoms with Gasteiger partial charge < -0.3 is 15.8 Å². The minimum Gasteiger partial charge on any atom is -0.385 e. The molecule has 1 fully saturated rings. The van der Waals surface area contributed by atoms with Crippen LogP contribution in [0.5, 0.6) is 0 Å². The van der Waals surface area contributed by atoms with Gasteiger partial charge in [-0.15, -0.1) is 0 Å². The predicted molar refractivity (Wildman–Crippen MR) is 73.3 cm³/mol. The molecule has 18 heavy (non-hydrogen) atoms. The van der Waals surface area contributed by atoms with Crippen LogP contribution in [0.15, 0.2) is 0 Å². The van der Waals surface area contributed by atoms with E-state index >= 15 is 0 Å². The van der Waals surface area contributed by atoms with Crippen LogP contribution in [-0.2, 0) is 9.53 Å². The number of hydrogen-bond acceptors (Lipinski definition) is 3. The lowest BCUT2D eigenvalue weighted by atomic mass is 9.84. The molecule has 3 atom stereocenters. The van der Waals surface area contributed by atoms with Gasteiger partial charge in [0.2, 0.25) is 5.91 Å². The highest BCUT2D eigenvalue weighted by atomic mass is 16.5. The molecule has 0 radical (unpaired) electrons. The average molecular weight is 256 g/mol. The third-order valence-corrected chi connectivity index (χ3v) is 3.91. The Balaban J connectivity index is 2.25. The molecule has 0 heterocycles. The zero-order valence-corrected chi connectivity index (χ0v) is 11.8. The van der Waals surface area contributed by atoms with Crippen molar-refractivity contribution in [1.29, 1.82) is 0 Å². The van der Waals surface area contributed by atoms with Gasteiger partial charge >= 0.3 is 0 Å². The van der Waals surface area contributed by atoms with Crippen molar-refractivity contribution in [1.82, 2.24) is 5.32 Å². The molecule has 1 amide bonds. The van der Waals surface area contributed by atoms with E-state index in [2.05, 4.69) is 12.2 Å². The second kappa shape index (κ2) is 8.48. The van der Waals surface area contributed by atoms with Gasteiger partial charge in [0.05, 0.1) is 6.04 Å². The fraction of sp³-hybridized carbons (Fsp3) is 0.929. The lowest BCUT2D eigenvalue weighted by Crippen LogP contribution is -2.46. The lowest BCUT2D eigenvalue weighted by Gasteiger charge is -2.29. The van der Waals surface area contributed by atoms with Crippen molar-refractivity contribution in [2.24, 2.45) is 11.7 Å². The first-order chi connectivity index (χ1) is 8.67. The molecule has 1 saturated carbocycles.